The number of nitrogens with one attached hydrogen (secondary N) is 1. The minimum atomic E-state index is -4.51. The number of aliphatic hydroxyl groups is 1. The molecule has 10 heteroatoms. The molecule has 146 valence electrons. The maximum atomic E-state index is 13.6. The Morgan fingerprint density at radius 3 is 2.64 bits per heavy atom. The molecule has 1 heterocycles. The third-order valence-corrected chi connectivity index (χ3v) is 3.87. The molecular weight excluding hydrogens is 380 g/mol. The van der Waals surface area contributed by atoms with Crippen molar-refractivity contribution in [2.45, 2.75) is 19.2 Å². The molecule has 2 aromatic carbocycles. The highest BCUT2D eigenvalue weighted by molar-refractivity contribution is 6.02. The van der Waals surface area contributed by atoms with E-state index in [1.807, 2.05) is 0 Å². The normalized spacial score (nSPS) is 12.6. The summed E-state index contributed by atoms with van der Waals surface area (Å²) in [5.74, 6) is -1.31. The summed E-state index contributed by atoms with van der Waals surface area (Å²) < 4.78 is 53.1. The highest BCUT2D eigenvalue weighted by atomic mass is 19.4. The van der Waals surface area contributed by atoms with Gasteiger partial charge in [-0.1, -0.05) is 11.3 Å². The first kappa shape index (κ1) is 19.5. The molecule has 2 N–H and O–H groups in total. The number of alkyl halides is 3. The van der Waals surface area contributed by atoms with E-state index >= 15 is 0 Å². The number of nitrogens with zero attached hydrogens (tertiary/aromatic N) is 3. The van der Waals surface area contributed by atoms with Gasteiger partial charge in [0.25, 0.3) is 5.91 Å². The minimum Gasteiger partial charge on any atom is -0.389 e. The topological polar surface area (TPSA) is 80.0 Å². The number of carbonyl (C=O) groups is 1. The van der Waals surface area contributed by atoms with Crippen LogP contribution in [0.4, 0.5) is 23.2 Å². The summed E-state index contributed by atoms with van der Waals surface area (Å²) >= 11 is 0. The van der Waals surface area contributed by atoms with Gasteiger partial charge in [0.05, 0.1) is 23.6 Å². The van der Waals surface area contributed by atoms with E-state index < -0.39 is 29.6 Å². The lowest BCUT2D eigenvalue weighted by Crippen LogP contribution is -2.13. The van der Waals surface area contributed by atoms with E-state index in [-0.39, 0.29) is 22.6 Å². The standard InChI is InChI=1S/C18H14F4N4O2/c1-10(27)14-8-12(5-6-15(14)19)23-17(28)16-9-26(25-24-16)13-4-2-3-11(7-13)18(20,21)22/h2-10,27H,1H3,(H,23,28)/t10-/m1/s1. The lowest BCUT2D eigenvalue weighted by atomic mass is 10.1. The highest BCUT2D eigenvalue weighted by Gasteiger charge is 2.30. The Morgan fingerprint density at radius 2 is 1.96 bits per heavy atom. The summed E-state index contributed by atoms with van der Waals surface area (Å²) in [6, 6.07) is 8.08. The van der Waals surface area contributed by atoms with Crippen molar-refractivity contribution in [2.75, 3.05) is 5.32 Å². The summed E-state index contributed by atoms with van der Waals surface area (Å²) in [6.45, 7) is 1.38. The van der Waals surface area contributed by atoms with Crippen molar-refractivity contribution in [3.05, 3.63) is 71.3 Å². The van der Waals surface area contributed by atoms with Crippen LogP contribution in [0.15, 0.2) is 48.7 Å². The van der Waals surface area contributed by atoms with Gasteiger partial charge in [0.15, 0.2) is 5.69 Å². The Bertz CT molecular complexity index is 1010. The Kier molecular flexibility index (Phi) is 5.14. The van der Waals surface area contributed by atoms with E-state index in [1.165, 1.54) is 37.4 Å². The molecule has 0 radical (unpaired) electrons. The third-order valence-electron chi connectivity index (χ3n) is 3.87. The number of carbonyl (C=O) groups excluding carboxylic acids is 1. The minimum absolute atomic E-state index is 0.00502. The molecule has 0 aliphatic heterocycles. The van der Waals surface area contributed by atoms with E-state index in [1.54, 1.807) is 0 Å². The number of hydrogen-bond donors (Lipinski definition) is 2. The van der Waals surface area contributed by atoms with E-state index in [0.29, 0.717) is 0 Å². The fourth-order valence-corrected chi connectivity index (χ4v) is 2.46. The van der Waals surface area contributed by atoms with Gasteiger partial charge >= 0.3 is 6.18 Å². The smallest absolute Gasteiger partial charge is 0.389 e. The molecule has 0 saturated heterocycles. The monoisotopic (exact) mass is 394 g/mol. The van der Waals surface area contributed by atoms with Crippen LogP contribution < -0.4 is 5.32 Å². The summed E-state index contributed by atoms with van der Waals surface area (Å²) in [4.78, 5) is 12.3. The van der Waals surface area contributed by atoms with E-state index in [0.717, 1.165) is 22.9 Å². The molecule has 1 amide bonds. The molecule has 0 aliphatic carbocycles. The molecule has 3 rings (SSSR count). The van der Waals surface area contributed by atoms with Crippen molar-refractivity contribution in [1.29, 1.82) is 0 Å². The molecule has 0 aliphatic rings. The van der Waals surface area contributed by atoms with Crippen molar-refractivity contribution in [3.63, 3.8) is 0 Å². The van der Waals surface area contributed by atoms with Crippen LogP contribution in [0.25, 0.3) is 5.69 Å². The molecule has 0 unspecified atom stereocenters. The molecule has 0 spiro atoms. The van der Waals surface area contributed by atoms with Crippen LogP contribution in [0.2, 0.25) is 0 Å². The zero-order chi connectivity index (χ0) is 20.5. The fourth-order valence-electron chi connectivity index (χ4n) is 2.46. The van der Waals surface area contributed by atoms with Gasteiger partial charge in [-0.2, -0.15) is 13.2 Å². The van der Waals surface area contributed by atoms with Crippen LogP contribution in [-0.4, -0.2) is 26.0 Å². The van der Waals surface area contributed by atoms with Crippen LogP contribution in [-0.2, 0) is 6.18 Å². The first-order chi connectivity index (χ1) is 13.1. The van der Waals surface area contributed by atoms with Gasteiger partial charge in [-0.05, 0) is 43.3 Å². The van der Waals surface area contributed by atoms with Crippen LogP contribution >= 0.6 is 0 Å². The zero-order valence-corrected chi connectivity index (χ0v) is 14.4. The molecular formula is C18H14F4N4O2. The van der Waals surface area contributed by atoms with Crippen LogP contribution in [0.3, 0.4) is 0 Å². The van der Waals surface area contributed by atoms with Crippen LogP contribution in [0, 0.1) is 5.82 Å². The van der Waals surface area contributed by atoms with E-state index in [4.69, 9.17) is 0 Å². The third kappa shape index (κ3) is 4.17. The number of rotatable bonds is 4. The maximum absolute atomic E-state index is 13.6. The van der Waals surface area contributed by atoms with Crippen molar-refractivity contribution in [1.82, 2.24) is 15.0 Å². The highest BCUT2D eigenvalue weighted by Crippen LogP contribution is 2.30. The summed E-state index contributed by atoms with van der Waals surface area (Å²) in [5.41, 5.74) is -0.704. The molecule has 28 heavy (non-hydrogen) atoms. The number of benzene rings is 2. The van der Waals surface area contributed by atoms with E-state index in [9.17, 15) is 27.5 Å². The van der Waals surface area contributed by atoms with Gasteiger partial charge < -0.3 is 10.4 Å². The van der Waals surface area contributed by atoms with Gasteiger partial charge in [0, 0.05) is 11.3 Å². The second-order valence-corrected chi connectivity index (χ2v) is 5.96. The Morgan fingerprint density at radius 1 is 1.21 bits per heavy atom. The molecule has 6 nitrogen and oxygen atoms in total. The van der Waals surface area contributed by atoms with Gasteiger partial charge in [0.1, 0.15) is 5.82 Å². The summed E-state index contributed by atoms with van der Waals surface area (Å²) in [5, 5.41) is 19.3. The number of aromatic nitrogens is 3. The van der Waals surface area contributed by atoms with Crippen molar-refractivity contribution >= 4 is 11.6 Å². The second-order valence-electron chi connectivity index (χ2n) is 5.96. The van der Waals surface area contributed by atoms with Gasteiger partial charge in [0.2, 0.25) is 0 Å². The van der Waals surface area contributed by atoms with Crippen molar-refractivity contribution in [2.24, 2.45) is 0 Å². The average Bonchev–Trinajstić information content (AvgIpc) is 3.13. The summed E-state index contributed by atoms with van der Waals surface area (Å²) in [7, 11) is 0. The molecule has 1 aromatic heterocycles. The van der Waals surface area contributed by atoms with Crippen molar-refractivity contribution < 1.29 is 27.5 Å². The molecule has 3 aromatic rings. The second kappa shape index (κ2) is 7.39. The lowest BCUT2D eigenvalue weighted by molar-refractivity contribution is -0.137. The number of amides is 1. The maximum Gasteiger partial charge on any atom is 0.416 e. The number of anilines is 1. The first-order valence-electron chi connectivity index (χ1n) is 8.04. The van der Waals surface area contributed by atoms with Crippen molar-refractivity contribution in [3.8, 4) is 5.69 Å². The number of halogens is 4. The Hall–Kier alpha value is -3.27. The zero-order valence-electron chi connectivity index (χ0n) is 14.4. The predicted octanol–water partition coefficient (Wildman–Crippen LogP) is 3.73. The average molecular weight is 394 g/mol. The van der Waals surface area contributed by atoms with Gasteiger partial charge in [-0.25, -0.2) is 9.07 Å². The largest absolute Gasteiger partial charge is 0.416 e. The molecule has 1 atom stereocenters. The van der Waals surface area contributed by atoms with Crippen LogP contribution in [0.1, 0.15) is 34.6 Å². The first-order valence-corrected chi connectivity index (χ1v) is 8.04. The lowest BCUT2D eigenvalue weighted by Gasteiger charge is -2.09. The van der Waals surface area contributed by atoms with Gasteiger partial charge in [-0.3, -0.25) is 4.79 Å². The molecule has 0 fully saturated rings. The quantitative estimate of drug-likeness (QED) is 0.661. The predicted molar refractivity (Wildman–Crippen MR) is 91.3 cm³/mol. The van der Waals surface area contributed by atoms with E-state index in [2.05, 4.69) is 15.6 Å². The Balaban J connectivity index is 1.81. The molecule has 0 bridgehead atoms. The number of aliphatic hydroxyl groups excluding tert-OH is 1. The Labute approximate surface area is 156 Å². The fraction of sp³-hybridized carbons (Fsp3) is 0.167. The van der Waals surface area contributed by atoms with Crippen LogP contribution in [0.5, 0.6) is 0 Å². The summed E-state index contributed by atoms with van der Waals surface area (Å²) in [6.07, 6.45) is -4.41. The molecule has 0 saturated carbocycles. The van der Waals surface area contributed by atoms with Gasteiger partial charge in [-0.15, -0.1) is 5.10 Å². The number of hydrogen-bond acceptors (Lipinski definition) is 4. The SMILES string of the molecule is C[C@@H](O)c1cc(NC(=O)c2cn(-c3cccc(C(F)(F)F)c3)nn2)ccc1F.